The number of amides is 2. The van der Waals surface area contributed by atoms with Gasteiger partial charge < -0.3 is 24.6 Å². The number of esters is 1. The van der Waals surface area contributed by atoms with Crippen LogP contribution in [0.3, 0.4) is 0 Å². The summed E-state index contributed by atoms with van der Waals surface area (Å²) in [6, 6.07) is 7.23. The van der Waals surface area contributed by atoms with E-state index in [9.17, 15) is 18.8 Å². The van der Waals surface area contributed by atoms with Gasteiger partial charge in [0.15, 0.2) is 6.30 Å². The predicted octanol–water partition coefficient (Wildman–Crippen LogP) is 1.80. The Morgan fingerprint density at radius 3 is 2.62 bits per heavy atom. The van der Waals surface area contributed by atoms with Crippen molar-refractivity contribution < 1.29 is 28.2 Å². The largest absolute Gasteiger partial charge is 0.461 e. The highest BCUT2D eigenvalue weighted by Crippen LogP contribution is 2.29. The monoisotopic (exact) mass is 492 g/mol. The van der Waals surface area contributed by atoms with Crippen LogP contribution in [0.1, 0.15) is 23.6 Å². The van der Waals surface area contributed by atoms with Gasteiger partial charge in [-0.15, -0.1) is 10.2 Å². The average Bonchev–Trinajstić information content (AvgIpc) is 3.45. The van der Waals surface area contributed by atoms with Crippen molar-refractivity contribution in [2.75, 3.05) is 54.0 Å². The van der Waals surface area contributed by atoms with E-state index in [1.165, 1.54) is 16.7 Å². The average molecular weight is 493 g/mol. The van der Waals surface area contributed by atoms with Gasteiger partial charge >= 0.3 is 12.1 Å². The summed E-state index contributed by atoms with van der Waals surface area (Å²) in [5, 5.41) is 10.8. The minimum atomic E-state index is -1.33. The normalized spacial score (nSPS) is 20.3. The molecular formula is C21H25FN6O5S. The van der Waals surface area contributed by atoms with Crippen molar-refractivity contribution in [1.82, 2.24) is 15.5 Å². The molecule has 0 spiro atoms. The molecule has 1 aromatic heterocycles. The lowest BCUT2D eigenvalue weighted by molar-refractivity contribution is -0.119. The van der Waals surface area contributed by atoms with Crippen LogP contribution < -0.4 is 20.0 Å². The first-order chi connectivity index (χ1) is 16.4. The third kappa shape index (κ3) is 5.19. The number of alkyl halides is 1. The molecule has 2 aliphatic rings. The van der Waals surface area contributed by atoms with Gasteiger partial charge in [-0.1, -0.05) is 11.3 Å². The Balaban J connectivity index is 1.35. The van der Waals surface area contributed by atoms with Crippen LogP contribution in [0.5, 0.6) is 0 Å². The fraction of sp³-hybridized carbons (Fsp3) is 0.476. The molecule has 2 aliphatic heterocycles. The van der Waals surface area contributed by atoms with Crippen molar-refractivity contribution in [2.24, 2.45) is 0 Å². The molecule has 0 saturated carbocycles. The molecule has 0 radical (unpaired) electrons. The van der Waals surface area contributed by atoms with E-state index in [2.05, 4.69) is 15.5 Å². The molecule has 2 atom stereocenters. The molecule has 0 aliphatic carbocycles. The molecule has 1 N–H and O–H groups in total. The molecule has 34 heavy (non-hydrogen) atoms. The lowest BCUT2D eigenvalue weighted by Gasteiger charge is -2.38. The molecule has 182 valence electrons. The second kappa shape index (κ2) is 10.2. The van der Waals surface area contributed by atoms with Crippen LogP contribution in [0.25, 0.3) is 0 Å². The number of cyclic esters (lactones) is 1. The molecule has 1 aromatic carbocycles. The van der Waals surface area contributed by atoms with Gasteiger partial charge in [-0.2, -0.15) is 0 Å². The number of hydrogen-bond donors (Lipinski definition) is 1. The maximum Gasteiger partial charge on any atom is 0.414 e. The van der Waals surface area contributed by atoms with Crippen LogP contribution in [0, 0.1) is 0 Å². The molecule has 3 heterocycles. The highest BCUT2D eigenvalue weighted by molar-refractivity contribution is 7.17. The van der Waals surface area contributed by atoms with E-state index in [1.54, 1.807) is 19.1 Å². The van der Waals surface area contributed by atoms with Gasteiger partial charge in [0.2, 0.25) is 16.0 Å². The van der Waals surface area contributed by atoms with E-state index in [-0.39, 0.29) is 30.6 Å². The lowest BCUT2D eigenvalue weighted by Crippen LogP contribution is -2.51. The first kappa shape index (κ1) is 23.7. The number of rotatable bonds is 7. The summed E-state index contributed by atoms with van der Waals surface area (Å²) in [7, 11) is 0. The van der Waals surface area contributed by atoms with Crippen molar-refractivity contribution in [3.8, 4) is 0 Å². The number of piperazine rings is 1. The van der Waals surface area contributed by atoms with Gasteiger partial charge in [0.05, 0.1) is 26.2 Å². The lowest BCUT2D eigenvalue weighted by atomic mass is 10.2. The summed E-state index contributed by atoms with van der Waals surface area (Å²) in [5.74, 6) is -0.751. The molecule has 0 bridgehead atoms. The number of carbonyl (C=O) groups excluding carboxylic acids is 3. The Kier molecular flexibility index (Phi) is 7.10. The Labute approximate surface area is 199 Å². The summed E-state index contributed by atoms with van der Waals surface area (Å²) in [6.45, 7) is 4.94. The van der Waals surface area contributed by atoms with E-state index in [0.29, 0.717) is 30.5 Å². The van der Waals surface area contributed by atoms with Gasteiger partial charge in [-0.3, -0.25) is 9.69 Å². The van der Waals surface area contributed by atoms with Crippen LogP contribution in [-0.4, -0.2) is 79.9 Å². The van der Waals surface area contributed by atoms with Gasteiger partial charge in [-0.25, -0.2) is 14.0 Å². The van der Waals surface area contributed by atoms with Gasteiger partial charge in [0.1, 0.15) is 6.10 Å². The summed E-state index contributed by atoms with van der Waals surface area (Å²) in [6.07, 6.45) is -2.22. The van der Waals surface area contributed by atoms with Crippen LogP contribution in [0.2, 0.25) is 0 Å². The minimum absolute atomic E-state index is 0.0989. The van der Waals surface area contributed by atoms with Crippen molar-refractivity contribution in [3.05, 3.63) is 29.3 Å². The minimum Gasteiger partial charge on any atom is -0.461 e. The smallest absolute Gasteiger partial charge is 0.414 e. The van der Waals surface area contributed by atoms with E-state index in [0.717, 1.165) is 17.0 Å². The standard InChI is InChI=1S/C21H25FN6O5S/c1-3-32-19(30)18-24-25-20(34-18)27-9-8-26(12-17(27)22)14-4-6-15(7-5-14)28-11-16(33-21(28)31)10-23-13(2)29/h4-7,16-17H,3,8-12H2,1-2H3,(H,23,29)/t16-,17?/m0/s1. The quantitative estimate of drug-likeness (QED) is 0.456. The van der Waals surface area contributed by atoms with Crippen molar-refractivity contribution >= 4 is 45.8 Å². The Morgan fingerprint density at radius 1 is 1.21 bits per heavy atom. The zero-order valence-electron chi connectivity index (χ0n) is 18.8. The maximum atomic E-state index is 15.0. The molecule has 1 unspecified atom stereocenters. The fourth-order valence-electron chi connectivity index (χ4n) is 3.74. The second-order valence-electron chi connectivity index (χ2n) is 7.75. The molecule has 4 rings (SSSR count). The first-order valence-corrected chi connectivity index (χ1v) is 11.7. The van der Waals surface area contributed by atoms with E-state index >= 15 is 0 Å². The van der Waals surface area contributed by atoms with Gasteiger partial charge in [-0.05, 0) is 31.2 Å². The predicted molar refractivity (Wildman–Crippen MR) is 123 cm³/mol. The molecule has 11 nitrogen and oxygen atoms in total. The van der Waals surface area contributed by atoms with Crippen LogP contribution in [-0.2, 0) is 14.3 Å². The highest BCUT2D eigenvalue weighted by atomic mass is 32.1. The number of halogens is 1. The Hall–Kier alpha value is -3.48. The van der Waals surface area contributed by atoms with Crippen molar-refractivity contribution in [3.63, 3.8) is 0 Å². The molecule has 13 heteroatoms. The number of ether oxygens (including phenoxy) is 2. The molecular weight excluding hydrogens is 467 g/mol. The zero-order valence-corrected chi connectivity index (χ0v) is 19.6. The molecule has 2 aromatic rings. The molecule has 2 fully saturated rings. The number of nitrogens with one attached hydrogen (secondary N) is 1. The van der Waals surface area contributed by atoms with E-state index < -0.39 is 24.5 Å². The number of hydrogen-bond acceptors (Lipinski definition) is 10. The summed E-state index contributed by atoms with van der Waals surface area (Å²) in [5.41, 5.74) is 1.48. The third-order valence-corrected chi connectivity index (χ3v) is 6.35. The molecule has 2 amide bonds. The van der Waals surface area contributed by atoms with Gasteiger partial charge in [0, 0.05) is 31.4 Å². The van der Waals surface area contributed by atoms with Gasteiger partial charge in [0.25, 0.3) is 0 Å². The number of carbonyl (C=O) groups is 3. The zero-order chi connectivity index (χ0) is 24.2. The number of nitrogens with zero attached hydrogens (tertiary/aromatic N) is 5. The third-order valence-electron chi connectivity index (χ3n) is 5.41. The number of anilines is 3. The summed E-state index contributed by atoms with van der Waals surface area (Å²) >= 11 is 1.01. The first-order valence-electron chi connectivity index (χ1n) is 10.8. The van der Waals surface area contributed by atoms with Crippen LogP contribution in [0.15, 0.2) is 24.3 Å². The number of aromatic nitrogens is 2. The van der Waals surface area contributed by atoms with Crippen LogP contribution >= 0.6 is 11.3 Å². The van der Waals surface area contributed by atoms with Crippen molar-refractivity contribution in [1.29, 1.82) is 0 Å². The second-order valence-corrected chi connectivity index (χ2v) is 8.71. The Bertz CT molecular complexity index is 1050. The number of benzene rings is 1. The SMILES string of the molecule is CCOC(=O)c1nnc(N2CCN(c3ccc(N4C[C@H](CNC(C)=O)OC4=O)cc3)CC2F)s1. The molecule has 2 saturated heterocycles. The maximum absolute atomic E-state index is 15.0. The van der Waals surface area contributed by atoms with Crippen LogP contribution in [0.4, 0.5) is 25.7 Å². The summed E-state index contributed by atoms with van der Waals surface area (Å²) < 4.78 is 25.2. The van der Waals surface area contributed by atoms with Crippen molar-refractivity contribution in [2.45, 2.75) is 26.2 Å². The van der Waals surface area contributed by atoms with E-state index in [1.807, 2.05) is 17.0 Å². The Morgan fingerprint density at radius 2 is 1.94 bits per heavy atom. The topological polar surface area (TPSA) is 117 Å². The fourth-order valence-corrected chi connectivity index (χ4v) is 4.54. The summed E-state index contributed by atoms with van der Waals surface area (Å²) in [4.78, 5) is 40.0. The highest BCUT2D eigenvalue weighted by Gasteiger charge is 2.33. The van der Waals surface area contributed by atoms with E-state index in [4.69, 9.17) is 9.47 Å².